The second-order valence-corrected chi connectivity index (χ2v) is 6.05. The predicted octanol–water partition coefficient (Wildman–Crippen LogP) is -0.509. The Kier molecular flexibility index (Phi) is 5.14. The molecule has 1 fully saturated rings. The first-order valence-corrected chi connectivity index (χ1v) is 7.98. The number of aromatic nitrogens is 2. The van der Waals surface area contributed by atoms with Gasteiger partial charge in [0, 0.05) is 19.8 Å². The van der Waals surface area contributed by atoms with Crippen molar-refractivity contribution in [3.05, 3.63) is 58.6 Å². The number of ether oxygens (including phenoxy) is 1. The molecule has 134 valence electrons. The van der Waals surface area contributed by atoms with Crippen molar-refractivity contribution in [1.82, 2.24) is 9.55 Å². The SMILES string of the molecule is CN(Cc1ccccc1)c1ccn([C@@H]2O[C@H](CO)[C@@H](O)[C@@H]2O)c(=O)n1. The van der Waals surface area contributed by atoms with Crippen LogP contribution in [0.3, 0.4) is 0 Å². The van der Waals surface area contributed by atoms with E-state index in [1.165, 1.54) is 6.20 Å². The van der Waals surface area contributed by atoms with Gasteiger partial charge < -0.3 is 25.0 Å². The molecule has 3 N–H and O–H groups in total. The van der Waals surface area contributed by atoms with Gasteiger partial charge >= 0.3 is 5.69 Å². The largest absolute Gasteiger partial charge is 0.394 e. The van der Waals surface area contributed by atoms with Gasteiger partial charge in [0.1, 0.15) is 24.1 Å². The fraction of sp³-hybridized carbons (Fsp3) is 0.412. The highest BCUT2D eigenvalue weighted by Crippen LogP contribution is 2.28. The van der Waals surface area contributed by atoms with Crippen LogP contribution < -0.4 is 10.6 Å². The van der Waals surface area contributed by atoms with E-state index in [0.717, 1.165) is 10.1 Å². The highest BCUT2D eigenvalue weighted by atomic mass is 16.6. The molecule has 8 heteroatoms. The van der Waals surface area contributed by atoms with Crippen LogP contribution in [0.5, 0.6) is 0 Å². The van der Waals surface area contributed by atoms with Crippen LogP contribution in [0.25, 0.3) is 0 Å². The molecule has 0 unspecified atom stereocenters. The molecule has 0 bridgehead atoms. The molecule has 2 aromatic rings. The summed E-state index contributed by atoms with van der Waals surface area (Å²) in [4.78, 5) is 18.2. The van der Waals surface area contributed by atoms with Gasteiger partial charge in [0.2, 0.25) is 0 Å². The molecule has 1 aliphatic heterocycles. The van der Waals surface area contributed by atoms with Crippen LogP contribution in [0.1, 0.15) is 11.8 Å². The molecular formula is C17H21N3O5. The molecule has 0 aliphatic carbocycles. The maximum atomic E-state index is 12.3. The zero-order valence-corrected chi connectivity index (χ0v) is 13.8. The molecule has 0 spiro atoms. The van der Waals surface area contributed by atoms with E-state index in [1.807, 2.05) is 42.3 Å². The number of hydrogen-bond acceptors (Lipinski definition) is 7. The quantitative estimate of drug-likeness (QED) is 0.669. The molecule has 1 aromatic carbocycles. The van der Waals surface area contributed by atoms with E-state index in [4.69, 9.17) is 9.84 Å². The molecule has 1 saturated heterocycles. The Bertz CT molecular complexity index is 766. The van der Waals surface area contributed by atoms with Crippen LogP contribution in [-0.4, -0.2) is 56.8 Å². The monoisotopic (exact) mass is 347 g/mol. The van der Waals surface area contributed by atoms with Crippen molar-refractivity contribution in [2.45, 2.75) is 31.1 Å². The van der Waals surface area contributed by atoms with Crippen molar-refractivity contribution in [2.75, 3.05) is 18.6 Å². The average Bonchev–Trinajstić information content (AvgIpc) is 2.90. The zero-order chi connectivity index (χ0) is 18.0. The van der Waals surface area contributed by atoms with E-state index in [1.54, 1.807) is 6.07 Å². The predicted molar refractivity (Wildman–Crippen MR) is 90.1 cm³/mol. The molecule has 2 heterocycles. The Labute approximate surface area is 144 Å². The molecule has 25 heavy (non-hydrogen) atoms. The second kappa shape index (κ2) is 7.32. The lowest BCUT2D eigenvalue weighted by atomic mass is 10.1. The molecular weight excluding hydrogens is 326 g/mol. The summed E-state index contributed by atoms with van der Waals surface area (Å²) in [6.45, 7) is 0.139. The third-order valence-electron chi connectivity index (χ3n) is 4.26. The molecule has 1 aromatic heterocycles. The Hall–Kier alpha value is -2.26. The van der Waals surface area contributed by atoms with Gasteiger partial charge in [0.05, 0.1) is 6.61 Å². The second-order valence-electron chi connectivity index (χ2n) is 6.05. The van der Waals surface area contributed by atoms with Gasteiger partial charge in [0.15, 0.2) is 6.23 Å². The summed E-state index contributed by atoms with van der Waals surface area (Å²) >= 11 is 0. The Morgan fingerprint density at radius 2 is 1.92 bits per heavy atom. The summed E-state index contributed by atoms with van der Waals surface area (Å²) in [6, 6.07) is 11.4. The number of benzene rings is 1. The smallest absolute Gasteiger partial charge is 0.351 e. The van der Waals surface area contributed by atoms with Crippen LogP contribution in [0.15, 0.2) is 47.4 Å². The molecule has 3 rings (SSSR count). The summed E-state index contributed by atoms with van der Waals surface area (Å²) in [7, 11) is 1.82. The molecule has 0 amide bonds. The minimum Gasteiger partial charge on any atom is -0.394 e. The molecule has 8 nitrogen and oxygen atoms in total. The lowest BCUT2D eigenvalue weighted by Gasteiger charge is -2.21. The fourth-order valence-electron chi connectivity index (χ4n) is 2.86. The molecule has 1 aliphatic rings. The van der Waals surface area contributed by atoms with Gasteiger partial charge in [-0.15, -0.1) is 0 Å². The minimum absolute atomic E-state index is 0.450. The Balaban J connectivity index is 1.78. The van der Waals surface area contributed by atoms with Crippen molar-refractivity contribution in [2.24, 2.45) is 0 Å². The summed E-state index contributed by atoms with van der Waals surface area (Å²) < 4.78 is 6.47. The molecule has 0 radical (unpaired) electrons. The van der Waals surface area contributed by atoms with Gasteiger partial charge in [-0.2, -0.15) is 4.98 Å². The van der Waals surface area contributed by atoms with E-state index >= 15 is 0 Å². The first-order chi connectivity index (χ1) is 12.0. The van der Waals surface area contributed by atoms with Crippen molar-refractivity contribution in [3.8, 4) is 0 Å². The van der Waals surface area contributed by atoms with Gasteiger partial charge in [-0.05, 0) is 11.6 Å². The van der Waals surface area contributed by atoms with E-state index in [-0.39, 0.29) is 0 Å². The van der Waals surface area contributed by atoms with Crippen LogP contribution in [-0.2, 0) is 11.3 Å². The molecule has 0 saturated carbocycles. The van der Waals surface area contributed by atoms with Gasteiger partial charge in [-0.25, -0.2) is 4.79 Å². The van der Waals surface area contributed by atoms with Crippen molar-refractivity contribution in [3.63, 3.8) is 0 Å². The van der Waals surface area contributed by atoms with E-state index in [2.05, 4.69) is 4.98 Å². The van der Waals surface area contributed by atoms with Crippen LogP contribution >= 0.6 is 0 Å². The maximum Gasteiger partial charge on any atom is 0.351 e. The Morgan fingerprint density at radius 1 is 1.20 bits per heavy atom. The number of hydrogen-bond donors (Lipinski definition) is 3. The number of nitrogens with zero attached hydrogens (tertiary/aromatic N) is 3. The average molecular weight is 347 g/mol. The third-order valence-corrected chi connectivity index (χ3v) is 4.26. The van der Waals surface area contributed by atoms with Crippen LogP contribution in [0, 0.1) is 0 Å². The van der Waals surface area contributed by atoms with Gasteiger partial charge in [-0.1, -0.05) is 30.3 Å². The lowest BCUT2D eigenvalue weighted by Crippen LogP contribution is -2.36. The van der Waals surface area contributed by atoms with Crippen molar-refractivity contribution < 1.29 is 20.1 Å². The lowest BCUT2D eigenvalue weighted by molar-refractivity contribution is -0.0549. The number of rotatable bonds is 5. The first-order valence-electron chi connectivity index (χ1n) is 7.98. The number of aliphatic hydroxyl groups is 3. The summed E-state index contributed by atoms with van der Waals surface area (Å²) in [6.07, 6.45) is -3.13. The summed E-state index contributed by atoms with van der Waals surface area (Å²) in [5, 5.41) is 29.0. The fourth-order valence-corrected chi connectivity index (χ4v) is 2.86. The van der Waals surface area contributed by atoms with Crippen LogP contribution in [0.4, 0.5) is 5.82 Å². The Morgan fingerprint density at radius 3 is 2.52 bits per heavy atom. The normalized spacial score (nSPS) is 25.9. The first kappa shape index (κ1) is 17.6. The van der Waals surface area contributed by atoms with Crippen LogP contribution in [0.2, 0.25) is 0 Å². The highest BCUT2D eigenvalue weighted by Gasteiger charge is 2.43. The topological polar surface area (TPSA) is 108 Å². The number of anilines is 1. The third kappa shape index (κ3) is 3.57. The van der Waals surface area contributed by atoms with Gasteiger partial charge in [-0.3, -0.25) is 4.57 Å². The minimum atomic E-state index is -1.32. The van der Waals surface area contributed by atoms with E-state index in [0.29, 0.717) is 12.4 Å². The van der Waals surface area contributed by atoms with E-state index in [9.17, 15) is 15.0 Å². The van der Waals surface area contributed by atoms with E-state index < -0.39 is 36.8 Å². The molecule has 4 atom stereocenters. The van der Waals surface area contributed by atoms with Gasteiger partial charge in [0.25, 0.3) is 0 Å². The number of aliphatic hydroxyl groups excluding tert-OH is 3. The zero-order valence-electron chi connectivity index (χ0n) is 13.8. The maximum absolute atomic E-state index is 12.3. The summed E-state index contributed by atoms with van der Waals surface area (Å²) in [5.41, 5.74) is 0.478. The summed E-state index contributed by atoms with van der Waals surface area (Å²) in [5.74, 6) is 0.483. The van der Waals surface area contributed by atoms with Crippen molar-refractivity contribution in [1.29, 1.82) is 0 Å². The van der Waals surface area contributed by atoms with Crippen molar-refractivity contribution >= 4 is 5.82 Å². The standard InChI is InChI=1S/C17H21N3O5/c1-19(9-11-5-3-2-4-6-11)13-7-8-20(17(24)18-13)16-15(23)14(22)12(10-21)25-16/h2-8,12,14-16,21-23H,9-10H2,1H3/t12-,14-,15+,16-/m1/s1. The highest BCUT2D eigenvalue weighted by molar-refractivity contribution is 5.37.